The fourth-order valence-electron chi connectivity index (χ4n) is 1.53. The molecular weight excluding hydrogens is 274 g/mol. The first-order chi connectivity index (χ1) is 9.19. The van der Waals surface area contributed by atoms with E-state index in [4.69, 9.17) is 0 Å². The van der Waals surface area contributed by atoms with Gasteiger partial charge in [0.1, 0.15) is 5.75 Å². The Hall–Kier alpha value is -1.80. The van der Waals surface area contributed by atoms with Gasteiger partial charge in [0.2, 0.25) is 0 Å². The molecule has 1 aromatic carbocycles. The van der Waals surface area contributed by atoms with Gasteiger partial charge in [0.25, 0.3) is 5.69 Å². The third-order valence-electron chi connectivity index (χ3n) is 2.34. The summed E-state index contributed by atoms with van der Waals surface area (Å²) in [6.45, 7) is 0.399. The number of ether oxygens (including phenoxy) is 1. The Bertz CT molecular complexity index is 475. The fraction of sp³-hybridized carbons (Fsp3) is 0.500. The predicted octanol–water partition coefficient (Wildman–Crippen LogP) is 2.06. The zero-order chi connectivity index (χ0) is 15.3. The number of alkyl halides is 2. The second kappa shape index (κ2) is 6.58. The molecule has 0 spiro atoms. The summed E-state index contributed by atoms with van der Waals surface area (Å²) in [6, 6.07) is 3.39. The topological polar surface area (TPSA) is 84.6 Å². The number of hydrogen-bond donors (Lipinski definition) is 2. The summed E-state index contributed by atoms with van der Waals surface area (Å²) in [5.41, 5.74) is -0.972. The second-order valence-electron chi connectivity index (χ2n) is 4.84. The van der Waals surface area contributed by atoms with E-state index in [2.05, 4.69) is 10.1 Å². The maximum atomic E-state index is 12.3. The van der Waals surface area contributed by atoms with Gasteiger partial charge in [0, 0.05) is 30.8 Å². The first-order valence-electron chi connectivity index (χ1n) is 5.84. The Labute approximate surface area is 114 Å². The highest BCUT2D eigenvalue weighted by molar-refractivity contribution is 5.43. The molecule has 6 nitrogen and oxygen atoms in total. The molecular formula is C12H16F2N2O4. The van der Waals surface area contributed by atoms with Crippen molar-refractivity contribution in [3.05, 3.63) is 33.9 Å². The molecule has 0 heterocycles. The minimum atomic E-state index is -3.01. The van der Waals surface area contributed by atoms with E-state index in [0.717, 1.165) is 18.2 Å². The van der Waals surface area contributed by atoms with Gasteiger partial charge in [-0.3, -0.25) is 10.1 Å². The van der Waals surface area contributed by atoms with Crippen LogP contribution in [0.1, 0.15) is 19.4 Å². The monoisotopic (exact) mass is 290 g/mol. The summed E-state index contributed by atoms with van der Waals surface area (Å²) in [7, 11) is 0. The third kappa shape index (κ3) is 5.45. The SMILES string of the molecule is CC(C)(O)CNCc1cc([N+](=O)[O-])ccc1OC(F)F. The van der Waals surface area contributed by atoms with Gasteiger partial charge in [0.05, 0.1) is 10.5 Å². The first-order valence-corrected chi connectivity index (χ1v) is 5.84. The minimum Gasteiger partial charge on any atom is -0.434 e. The highest BCUT2D eigenvalue weighted by Gasteiger charge is 2.16. The number of nitro groups is 1. The van der Waals surface area contributed by atoms with Crippen LogP contribution < -0.4 is 10.1 Å². The van der Waals surface area contributed by atoms with Gasteiger partial charge in [-0.2, -0.15) is 8.78 Å². The molecule has 0 saturated carbocycles. The molecule has 1 rings (SSSR count). The van der Waals surface area contributed by atoms with Gasteiger partial charge in [-0.1, -0.05) is 0 Å². The van der Waals surface area contributed by atoms with Crippen molar-refractivity contribution in [3.63, 3.8) is 0 Å². The van der Waals surface area contributed by atoms with Gasteiger partial charge >= 0.3 is 6.61 Å². The number of nitro benzene ring substituents is 1. The molecule has 20 heavy (non-hydrogen) atoms. The Balaban J connectivity index is 2.87. The zero-order valence-electron chi connectivity index (χ0n) is 11.1. The Morgan fingerprint density at radius 3 is 2.65 bits per heavy atom. The molecule has 0 unspecified atom stereocenters. The number of rotatable bonds is 7. The molecule has 0 bridgehead atoms. The maximum Gasteiger partial charge on any atom is 0.387 e. The van der Waals surface area contributed by atoms with E-state index in [1.54, 1.807) is 13.8 Å². The summed E-state index contributed by atoms with van der Waals surface area (Å²) < 4.78 is 28.8. The van der Waals surface area contributed by atoms with E-state index in [0.29, 0.717) is 0 Å². The van der Waals surface area contributed by atoms with Crippen LogP contribution in [0.5, 0.6) is 5.75 Å². The van der Waals surface area contributed by atoms with Gasteiger partial charge in [-0.05, 0) is 19.9 Å². The van der Waals surface area contributed by atoms with Crippen LogP contribution in [0.15, 0.2) is 18.2 Å². The normalized spacial score (nSPS) is 11.7. The standard InChI is InChI=1S/C12H16F2N2O4/c1-12(2,17)7-15-6-8-5-9(16(18)19)3-4-10(8)20-11(13)14/h3-5,11,15,17H,6-7H2,1-2H3. The Morgan fingerprint density at radius 1 is 1.50 bits per heavy atom. The average Bonchev–Trinajstić information content (AvgIpc) is 2.28. The summed E-state index contributed by atoms with van der Waals surface area (Å²) >= 11 is 0. The maximum absolute atomic E-state index is 12.3. The third-order valence-corrected chi connectivity index (χ3v) is 2.34. The van der Waals surface area contributed by atoms with E-state index in [1.165, 1.54) is 0 Å². The number of non-ortho nitro benzene ring substituents is 1. The predicted molar refractivity (Wildman–Crippen MR) is 67.7 cm³/mol. The van der Waals surface area contributed by atoms with Crippen LogP contribution >= 0.6 is 0 Å². The van der Waals surface area contributed by atoms with Crippen molar-refractivity contribution in [1.29, 1.82) is 0 Å². The van der Waals surface area contributed by atoms with Gasteiger partial charge < -0.3 is 15.2 Å². The number of halogens is 2. The van der Waals surface area contributed by atoms with Crippen molar-refractivity contribution in [2.45, 2.75) is 32.6 Å². The smallest absolute Gasteiger partial charge is 0.387 e. The second-order valence-corrected chi connectivity index (χ2v) is 4.84. The number of nitrogens with zero attached hydrogens (tertiary/aromatic N) is 1. The lowest BCUT2D eigenvalue weighted by Crippen LogP contribution is -2.34. The van der Waals surface area contributed by atoms with Crippen molar-refractivity contribution < 1.29 is 23.5 Å². The van der Waals surface area contributed by atoms with Crippen molar-refractivity contribution in [3.8, 4) is 5.75 Å². The van der Waals surface area contributed by atoms with Gasteiger partial charge in [-0.15, -0.1) is 0 Å². The van der Waals surface area contributed by atoms with Crippen LogP contribution in [0.2, 0.25) is 0 Å². The highest BCUT2D eigenvalue weighted by Crippen LogP contribution is 2.25. The molecule has 8 heteroatoms. The van der Waals surface area contributed by atoms with Crippen molar-refractivity contribution in [1.82, 2.24) is 5.32 Å². The average molecular weight is 290 g/mol. The molecule has 0 amide bonds. The lowest BCUT2D eigenvalue weighted by molar-refractivity contribution is -0.385. The van der Waals surface area contributed by atoms with E-state index in [9.17, 15) is 24.0 Å². The molecule has 0 aromatic heterocycles. The molecule has 0 aliphatic carbocycles. The molecule has 112 valence electrons. The summed E-state index contributed by atoms with van der Waals surface area (Å²) in [4.78, 5) is 10.1. The molecule has 0 aliphatic rings. The quantitative estimate of drug-likeness (QED) is 0.593. The van der Waals surface area contributed by atoms with E-state index >= 15 is 0 Å². The van der Waals surface area contributed by atoms with Crippen LogP contribution in [0.3, 0.4) is 0 Å². The lowest BCUT2D eigenvalue weighted by Gasteiger charge is -2.18. The molecule has 0 fully saturated rings. The minimum absolute atomic E-state index is 0.0632. The van der Waals surface area contributed by atoms with Crippen molar-refractivity contribution >= 4 is 5.69 Å². The lowest BCUT2D eigenvalue weighted by atomic mass is 10.1. The number of hydrogen-bond acceptors (Lipinski definition) is 5. The van der Waals surface area contributed by atoms with Gasteiger partial charge in [0.15, 0.2) is 0 Å². The van der Waals surface area contributed by atoms with Crippen molar-refractivity contribution in [2.75, 3.05) is 6.54 Å². The fourth-order valence-corrected chi connectivity index (χ4v) is 1.53. The number of aliphatic hydroxyl groups is 1. The molecule has 0 saturated heterocycles. The van der Waals surface area contributed by atoms with Gasteiger partial charge in [-0.25, -0.2) is 0 Å². The van der Waals surface area contributed by atoms with Crippen molar-refractivity contribution in [2.24, 2.45) is 0 Å². The first kappa shape index (κ1) is 16.3. The molecule has 1 aromatic rings. The van der Waals surface area contributed by atoms with E-state index < -0.39 is 17.1 Å². The van der Waals surface area contributed by atoms with Crippen LogP contribution in [-0.2, 0) is 6.54 Å². The Kier molecular flexibility index (Phi) is 5.34. The van der Waals surface area contributed by atoms with Crippen LogP contribution in [0, 0.1) is 10.1 Å². The van der Waals surface area contributed by atoms with Crippen LogP contribution in [-0.4, -0.2) is 28.8 Å². The highest BCUT2D eigenvalue weighted by atomic mass is 19.3. The summed E-state index contributed by atoms with van der Waals surface area (Å²) in [5, 5.41) is 23.0. The molecule has 0 atom stereocenters. The van der Waals surface area contributed by atoms with E-state index in [-0.39, 0.29) is 30.1 Å². The number of nitrogens with one attached hydrogen (secondary N) is 1. The number of benzene rings is 1. The summed E-state index contributed by atoms with van der Waals surface area (Å²) in [6.07, 6.45) is 0. The van der Waals surface area contributed by atoms with E-state index in [1.807, 2.05) is 0 Å². The largest absolute Gasteiger partial charge is 0.434 e. The molecule has 0 radical (unpaired) electrons. The van der Waals surface area contributed by atoms with Crippen LogP contribution in [0.4, 0.5) is 14.5 Å². The van der Waals surface area contributed by atoms with Crippen LogP contribution in [0.25, 0.3) is 0 Å². The molecule has 2 N–H and O–H groups in total. The summed E-state index contributed by atoms with van der Waals surface area (Å²) in [5.74, 6) is -0.131. The zero-order valence-corrected chi connectivity index (χ0v) is 11.1. The Morgan fingerprint density at radius 2 is 2.15 bits per heavy atom. The molecule has 0 aliphatic heterocycles.